The van der Waals surface area contributed by atoms with Gasteiger partial charge in [-0.05, 0) is 47.7 Å². The Balaban J connectivity index is 1.80. The number of nitrogens with zero attached hydrogens (tertiary/aromatic N) is 3. The molecule has 0 saturated carbocycles. The molecule has 19 heavy (non-hydrogen) atoms. The number of anilines is 1. The molecule has 6 heteroatoms. The molecule has 1 aromatic carbocycles. The van der Waals surface area contributed by atoms with Gasteiger partial charge in [0.1, 0.15) is 0 Å². The van der Waals surface area contributed by atoms with Gasteiger partial charge in [-0.3, -0.25) is 5.10 Å². The molecular weight excluding hydrogens is 353 g/mol. The minimum atomic E-state index is 0.803. The van der Waals surface area contributed by atoms with E-state index in [1.165, 1.54) is 3.57 Å². The van der Waals surface area contributed by atoms with Crippen molar-refractivity contribution >= 4 is 28.5 Å². The Bertz CT molecular complexity index is 528. The monoisotopic (exact) mass is 369 g/mol. The number of aromatic amines is 1. The summed E-state index contributed by atoms with van der Waals surface area (Å²) < 4.78 is 1.22. The van der Waals surface area contributed by atoms with Crippen molar-refractivity contribution in [3.63, 3.8) is 0 Å². The summed E-state index contributed by atoms with van der Waals surface area (Å²) in [6, 6.07) is 8.29. The van der Waals surface area contributed by atoms with Crippen LogP contribution in [0, 0.1) is 3.57 Å². The molecule has 1 aliphatic heterocycles. The third-order valence-electron chi connectivity index (χ3n) is 3.21. The molecule has 0 spiro atoms. The van der Waals surface area contributed by atoms with Crippen LogP contribution in [0.25, 0.3) is 11.4 Å². The Morgan fingerprint density at radius 3 is 2.79 bits per heavy atom. The highest BCUT2D eigenvalue weighted by Gasteiger charge is 2.14. The standard InChI is InChI=1S/C13H16IN5/c14-11-4-2-10(3-5-11)12-16-13(18-17-12)19-8-1-6-15-7-9-19/h2-5,15H,1,6-9H2,(H,16,17,18). The van der Waals surface area contributed by atoms with Crippen molar-refractivity contribution in [3.8, 4) is 11.4 Å². The highest BCUT2D eigenvalue weighted by molar-refractivity contribution is 14.1. The Morgan fingerprint density at radius 1 is 1.11 bits per heavy atom. The van der Waals surface area contributed by atoms with Crippen molar-refractivity contribution in [2.24, 2.45) is 0 Å². The van der Waals surface area contributed by atoms with Crippen LogP contribution in [0.1, 0.15) is 6.42 Å². The van der Waals surface area contributed by atoms with Crippen LogP contribution < -0.4 is 10.2 Å². The van der Waals surface area contributed by atoms with Crippen LogP contribution in [-0.4, -0.2) is 41.4 Å². The van der Waals surface area contributed by atoms with E-state index in [0.29, 0.717) is 0 Å². The Kier molecular flexibility index (Phi) is 3.97. The lowest BCUT2D eigenvalue weighted by atomic mass is 10.2. The van der Waals surface area contributed by atoms with Crippen LogP contribution >= 0.6 is 22.6 Å². The number of aromatic nitrogens is 3. The fourth-order valence-electron chi connectivity index (χ4n) is 2.18. The zero-order chi connectivity index (χ0) is 13.1. The first-order chi connectivity index (χ1) is 9.33. The van der Waals surface area contributed by atoms with Gasteiger partial charge in [0, 0.05) is 28.8 Å². The summed E-state index contributed by atoms with van der Waals surface area (Å²) in [4.78, 5) is 6.83. The van der Waals surface area contributed by atoms with E-state index in [-0.39, 0.29) is 0 Å². The van der Waals surface area contributed by atoms with Gasteiger partial charge < -0.3 is 10.2 Å². The van der Waals surface area contributed by atoms with Crippen molar-refractivity contribution in [3.05, 3.63) is 27.8 Å². The normalized spacial score (nSPS) is 16.4. The Hall–Kier alpha value is -1.15. The highest BCUT2D eigenvalue weighted by atomic mass is 127. The SMILES string of the molecule is Ic1ccc(-c2nc(N3CCCNCC3)n[nH]2)cc1. The quantitative estimate of drug-likeness (QED) is 0.794. The lowest BCUT2D eigenvalue weighted by molar-refractivity contribution is 0.724. The second kappa shape index (κ2) is 5.87. The summed E-state index contributed by atoms with van der Waals surface area (Å²) >= 11 is 2.30. The van der Waals surface area contributed by atoms with Crippen molar-refractivity contribution in [1.82, 2.24) is 20.5 Å². The van der Waals surface area contributed by atoms with Gasteiger partial charge in [0.25, 0.3) is 0 Å². The summed E-state index contributed by atoms with van der Waals surface area (Å²) in [6.07, 6.45) is 1.13. The molecule has 2 aromatic rings. The first-order valence-electron chi connectivity index (χ1n) is 6.47. The van der Waals surface area contributed by atoms with E-state index >= 15 is 0 Å². The summed E-state index contributed by atoms with van der Waals surface area (Å²) in [5, 5.41) is 10.8. The van der Waals surface area contributed by atoms with E-state index in [2.05, 4.69) is 72.3 Å². The molecule has 0 unspecified atom stereocenters. The molecule has 3 rings (SSSR count). The third-order valence-corrected chi connectivity index (χ3v) is 3.93. The molecule has 100 valence electrons. The molecular formula is C13H16IN5. The molecule has 1 aliphatic rings. The van der Waals surface area contributed by atoms with Crippen LogP contribution in [0.15, 0.2) is 24.3 Å². The van der Waals surface area contributed by atoms with E-state index in [9.17, 15) is 0 Å². The fraction of sp³-hybridized carbons (Fsp3) is 0.385. The van der Waals surface area contributed by atoms with Crippen LogP contribution in [0.4, 0.5) is 5.95 Å². The molecule has 1 aromatic heterocycles. The lowest BCUT2D eigenvalue weighted by Gasteiger charge is -2.16. The van der Waals surface area contributed by atoms with Gasteiger partial charge in [0.05, 0.1) is 0 Å². The van der Waals surface area contributed by atoms with E-state index in [1.54, 1.807) is 0 Å². The first kappa shape index (κ1) is 12.9. The number of H-pyrrole nitrogens is 1. The van der Waals surface area contributed by atoms with Gasteiger partial charge in [0.2, 0.25) is 5.95 Å². The van der Waals surface area contributed by atoms with Crippen LogP contribution in [0.2, 0.25) is 0 Å². The summed E-state index contributed by atoms with van der Waals surface area (Å²) in [5.41, 5.74) is 1.08. The maximum atomic E-state index is 4.60. The largest absolute Gasteiger partial charge is 0.338 e. The molecule has 0 atom stereocenters. The van der Waals surface area contributed by atoms with Crippen LogP contribution in [-0.2, 0) is 0 Å². The van der Waals surface area contributed by atoms with E-state index < -0.39 is 0 Å². The minimum Gasteiger partial charge on any atom is -0.338 e. The lowest BCUT2D eigenvalue weighted by Crippen LogP contribution is -2.28. The minimum absolute atomic E-state index is 0.803. The predicted octanol–water partition coefficient (Wildman–Crippen LogP) is 1.88. The number of nitrogens with one attached hydrogen (secondary N) is 2. The maximum absolute atomic E-state index is 4.60. The van der Waals surface area contributed by atoms with Gasteiger partial charge in [-0.15, -0.1) is 5.10 Å². The van der Waals surface area contributed by atoms with E-state index in [0.717, 1.165) is 49.9 Å². The fourth-order valence-corrected chi connectivity index (χ4v) is 2.54. The van der Waals surface area contributed by atoms with Gasteiger partial charge in [-0.25, -0.2) is 0 Å². The summed E-state index contributed by atoms with van der Waals surface area (Å²) in [5.74, 6) is 1.64. The number of halogens is 1. The average molecular weight is 369 g/mol. The summed E-state index contributed by atoms with van der Waals surface area (Å²) in [7, 11) is 0. The topological polar surface area (TPSA) is 56.8 Å². The van der Waals surface area contributed by atoms with E-state index in [4.69, 9.17) is 0 Å². The average Bonchev–Trinajstić information content (AvgIpc) is 2.76. The molecule has 1 fully saturated rings. The molecule has 2 heterocycles. The molecule has 5 nitrogen and oxygen atoms in total. The van der Waals surface area contributed by atoms with Crippen molar-refractivity contribution in [2.75, 3.05) is 31.1 Å². The number of rotatable bonds is 2. The van der Waals surface area contributed by atoms with Gasteiger partial charge >= 0.3 is 0 Å². The molecule has 2 N–H and O–H groups in total. The third kappa shape index (κ3) is 3.06. The number of benzene rings is 1. The molecule has 0 radical (unpaired) electrons. The first-order valence-corrected chi connectivity index (χ1v) is 7.55. The Morgan fingerprint density at radius 2 is 1.95 bits per heavy atom. The van der Waals surface area contributed by atoms with Gasteiger partial charge in [-0.2, -0.15) is 4.98 Å². The molecule has 1 saturated heterocycles. The van der Waals surface area contributed by atoms with Crippen LogP contribution in [0.5, 0.6) is 0 Å². The van der Waals surface area contributed by atoms with E-state index in [1.807, 2.05) is 0 Å². The predicted molar refractivity (Wildman–Crippen MR) is 84.2 cm³/mol. The number of hydrogen-bond donors (Lipinski definition) is 2. The zero-order valence-electron chi connectivity index (χ0n) is 10.6. The molecule has 0 aliphatic carbocycles. The highest BCUT2D eigenvalue weighted by Crippen LogP contribution is 2.19. The maximum Gasteiger partial charge on any atom is 0.245 e. The van der Waals surface area contributed by atoms with Crippen molar-refractivity contribution in [2.45, 2.75) is 6.42 Å². The Labute approximate surface area is 125 Å². The van der Waals surface area contributed by atoms with Crippen molar-refractivity contribution in [1.29, 1.82) is 0 Å². The van der Waals surface area contributed by atoms with Crippen molar-refractivity contribution < 1.29 is 0 Å². The smallest absolute Gasteiger partial charge is 0.245 e. The van der Waals surface area contributed by atoms with Gasteiger partial charge in [0.15, 0.2) is 5.82 Å². The zero-order valence-corrected chi connectivity index (χ0v) is 12.7. The summed E-state index contributed by atoms with van der Waals surface area (Å²) in [6.45, 7) is 4.04. The second-order valence-electron chi connectivity index (χ2n) is 4.58. The molecule has 0 amide bonds. The van der Waals surface area contributed by atoms with Gasteiger partial charge in [-0.1, -0.05) is 12.1 Å². The second-order valence-corrected chi connectivity index (χ2v) is 5.83. The van der Waals surface area contributed by atoms with Crippen LogP contribution in [0.3, 0.4) is 0 Å². The molecule has 0 bridgehead atoms. The number of hydrogen-bond acceptors (Lipinski definition) is 4.